The molecule has 1 aromatic rings. The fourth-order valence-electron chi connectivity index (χ4n) is 1.50. The van der Waals surface area contributed by atoms with Gasteiger partial charge in [-0.3, -0.25) is 0 Å². The van der Waals surface area contributed by atoms with Crippen LogP contribution in [0.1, 0.15) is 25.0 Å². The molecule has 0 fully saturated rings. The Kier molecular flexibility index (Phi) is 4.99. The number of carboxylic acids is 1. The van der Waals surface area contributed by atoms with E-state index < -0.39 is 5.97 Å². The molecule has 0 aliphatic heterocycles. The summed E-state index contributed by atoms with van der Waals surface area (Å²) in [6, 6.07) is 8.11. The average Bonchev–Trinajstić information content (AvgIpc) is 2.19. The van der Waals surface area contributed by atoms with Crippen molar-refractivity contribution < 1.29 is 14.6 Å². The van der Waals surface area contributed by atoms with Gasteiger partial charge < -0.3 is 9.84 Å². The van der Waals surface area contributed by atoms with Crippen LogP contribution < -0.4 is 0 Å². The number of ether oxygens (including phenoxy) is 1. The number of aliphatic carboxylic acids is 1. The minimum Gasteiger partial charge on any atom is -0.480 e. The lowest BCUT2D eigenvalue weighted by Crippen LogP contribution is -2.06. The molecule has 0 atom stereocenters. The quantitative estimate of drug-likeness (QED) is 0.804. The SMILES string of the molecule is CC(C)Cc1ccc(COCC(=O)O)cc1. The standard InChI is InChI=1S/C13H18O3/c1-10(2)7-11-3-5-12(6-4-11)8-16-9-13(14)15/h3-6,10H,7-9H2,1-2H3,(H,14,15). The van der Waals surface area contributed by atoms with Gasteiger partial charge in [0, 0.05) is 0 Å². The first-order valence-corrected chi connectivity index (χ1v) is 5.45. The Morgan fingerprint density at radius 1 is 1.25 bits per heavy atom. The third-order valence-corrected chi connectivity index (χ3v) is 2.16. The van der Waals surface area contributed by atoms with Crippen LogP contribution in [0, 0.1) is 5.92 Å². The van der Waals surface area contributed by atoms with Gasteiger partial charge in [-0.15, -0.1) is 0 Å². The van der Waals surface area contributed by atoms with E-state index in [0.717, 1.165) is 12.0 Å². The normalized spacial score (nSPS) is 10.7. The first-order chi connectivity index (χ1) is 7.58. The van der Waals surface area contributed by atoms with E-state index in [0.29, 0.717) is 12.5 Å². The summed E-state index contributed by atoms with van der Waals surface area (Å²) in [5, 5.41) is 8.41. The van der Waals surface area contributed by atoms with Gasteiger partial charge in [-0.1, -0.05) is 38.1 Å². The van der Waals surface area contributed by atoms with Gasteiger partial charge in [0.1, 0.15) is 6.61 Å². The van der Waals surface area contributed by atoms with Gasteiger partial charge in [0.05, 0.1) is 6.61 Å². The second-order valence-corrected chi connectivity index (χ2v) is 4.30. The number of rotatable bonds is 6. The Labute approximate surface area is 96.1 Å². The Morgan fingerprint density at radius 2 is 1.81 bits per heavy atom. The van der Waals surface area contributed by atoms with Crippen molar-refractivity contribution in [3.63, 3.8) is 0 Å². The van der Waals surface area contributed by atoms with Crippen LogP contribution >= 0.6 is 0 Å². The molecule has 0 amide bonds. The fraction of sp³-hybridized carbons (Fsp3) is 0.462. The first kappa shape index (κ1) is 12.7. The van der Waals surface area contributed by atoms with E-state index in [9.17, 15) is 4.79 Å². The van der Waals surface area contributed by atoms with Gasteiger partial charge in [0.15, 0.2) is 0 Å². The molecule has 1 aromatic carbocycles. The Hall–Kier alpha value is -1.35. The number of hydrogen-bond donors (Lipinski definition) is 1. The fourth-order valence-corrected chi connectivity index (χ4v) is 1.50. The smallest absolute Gasteiger partial charge is 0.329 e. The third kappa shape index (κ3) is 4.94. The maximum absolute atomic E-state index is 10.2. The van der Waals surface area contributed by atoms with E-state index in [1.807, 2.05) is 12.1 Å². The molecule has 0 spiro atoms. The van der Waals surface area contributed by atoms with E-state index in [-0.39, 0.29) is 6.61 Å². The lowest BCUT2D eigenvalue weighted by molar-refractivity contribution is -0.142. The highest BCUT2D eigenvalue weighted by Gasteiger charge is 2.00. The molecule has 1 rings (SSSR count). The molecule has 0 radical (unpaired) electrons. The summed E-state index contributed by atoms with van der Waals surface area (Å²) in [4.78, 5) is 10.2. The molecule has 1 N–H and O–H groups in total. The molecule has 0 aliphatic rings. The van der Waals surface area contributed by atoms with Gasteiger partial charge in [0.2, 0.25) is 0 Å². The van der Waals surface area contributed by atoms with Crippen LogP contribution in [-0.4, -0.2) is 17.7 Å². The van der Waals surface area contributed by atoms with Gasteiger partial charge in [-0.2, -0.15) is 0 Å². The van der Waals surface area contributed by atoms with Gasteiger partial charge in [0.25, 0.3) is 0 Å². The summed E-state index contributed by atoms with van der Waals surface area (Å²) >= 11 is 0. The van der Waals surface area contributed by atoms with Crippen LogP contribution in [0.4, 0.5) is 0 Å². The molecule has 0 heterocycles. The molecule has 3 heteroatoms. The van der Waals surface area contributed by atoms with Crippen LogP contribution in [-0.2, 0) is 22.6 Å². The second kappa shape index (κ2) is 6.28. The van der Waals surface area contributed by atoms with Crippen LogP contribution in [0.15, 0.2) is 24.3 Å². The predicted molar refractivity (Wildman–Crippen MR) is 62.3 cm³/mol. The summed E-state index contributed by atoms with van der Waals surface area (Å²) in [6.07, 6.45) is 1.07. The molecule has 0 aromatic heterocycles. The van der Waals surface area contributed by atoms with E-state index >= 15 is 0 Å². The number of carboxylic acid groups (broad SMARTS) is 1. The van der Waals surface area contributed by atoms with Crippen LogP contribution in [0.3, 0.4) is 0 Å². The minimum absolute atomic E-state index is 0.242. The van der Waals surface area contributed by atoms with Gasteiger partial charge >= 0.3 is 5.97 Å². The molecule has 16 heavy (non-hydrogen) atoms. The molecular formula is C13H18O3. The number of hydrogen-bond acceptors (Lipinski definition) is 2. The summed E-state index contributed by atoms with van der Waals surface area (Å²) in [6.45, 7) is 4.48. The third-order valence-electron chi connectivity index (χ3n) is 2.16. The number of carbonyl (C=O) groups is 1. The van der Waals surface area contributed by atoms with E-state index in [4.69, 9.17) is 9.84 Å². The van der Waals surface area contributed by atoms with E-state index in [2.05, 4.69) is 26.0 Å². The summed E-state index contributed by atoms with van der Waals surface area (Å²) < 4.78 is 5.00. The van der Waals surface area contributed by atoms with Crippen molar-refractivity contribution >= 4 is 5.97 Å². The van der Waals surface area contributed by atoms with Gasteiger partial charge in [-0.05, 0) is 23.5 Å². The van der Waals surface area contributed by atoms with Crippen molar-refractivity contribution in [1.29, 1.82) is 0 Å². The Morgan fingerprint density at radius 3 is 2.31 bits per heavy atom. The molecule has 0 saturated heterocycles. The van der Waals surface area contributed by atoms with Crippen molar-refractivity contribution in [2.24, 2.45) is 5.92 Å². The lowest BCUT2D eigenvalue weighted by Gasteiger charge is -2.06. The average molecular weight is 222 g/mol. The van der Waals surface area contributed by atoms with Crippen molar-refractivity contribution in [2.75, 3.05) is 6.61 Å². The molecule has 0 bridgehead atoms. The maximum Gasteiger partial charge on any atom is 0.329 e. The van der Waals surface area contributed by atoms with Crippen molar-refractivity contribution in [2.45, 2.75) is 26.9 Å². The second-order valence-electron chi connectivity index (χ2n) is 4.30. The first-order valence-electron chi connectivity index (χ1n) is 5.45. The van der Waals surface area contributed by atoms with E-state index in [1.165, 1.54) is 5.56 Å². The Balaban J connectivity index is 2.42. The molecule has 0 unspecified atom stereocenters. The van der Waals surface area contributed by atoms with Crippen LogP contribution in [0.5, 0.6) is 0 Å². The Bertz CT molecular complexity index is 328. The molecule has 0 saturated carbocycles. The van der Waals surface area contributed by atoms with Crippen molar-refractivity contribution in [3.05, 3.63) is 35.4 Å². The molecule has 0 aliphatic carbocycles. The number of benzene rings is 1. The summed E-state index contributed by atoms with van der Waals surface area (Å²) in [5.74, 6) is -0.287. The van der Waals surface area contributed by atoms with Crippen LogP contribution in [0.2, 0.25) is 0 Å². The largest absolute Gasteiger partial charge is 0.480 e. The van der Waals surface area contributed by atoms with Crippen molar-refractivity contribution in [1.82, 2.24) is 0 Å². The van der Waals surface area contributed by atoms with Gasteiger partial charge in [-0.25, -0.2) is 4.79 Å². The monoisotopic (exact) mass is 222 g/mol. The zero-order valence-electron chi connectivity index (χ0n) is 9.77. The topological polar surface area (TPSA) is 46.5 Å². The van der Waals surface area contributed by atoms with Crippen LogP contribution in [0.25, 0.3) is 0 Å². The minimum atomic E-state index is -0.934. The highest BCUT2D eigenvalue weighted by atomic mass is 16.5. The lowest BCUT2D eigenvalue weighted by atomic mass is 10.0. The van der Waals surface area contributed by atoms with Crippen molar-refractivity contribution in [3.8, 4) is 0 Å². The summed E-state index contributed by atoms with van der Waals surface area (Å²) in [5.41, 5.74) is 2.31. The summed E-state index contributed by atoms with van der Waals surface area (Å²) in [7, 11) is 0. The zero-order chi connectivity index (χ0) is 12.0. The molecule has 88 valence electrons. The molecule has 3 nitrogen and oxygen atoms in total. The predicted octanol–water partition coefficient (Wildman–Crippen LogP) is 2.49. The maximum atomic E-state index is 10.2. The zero-order valence-corrected chi connectivity index (χ0v) is 9.77. The molecular weight excluding hydrogens is 204 g/mol. The van der Waals surface area contributed by atoms with E-state index in [1.54, 1.807) is 0 Å². The highest BCUT2D eigenvalue weighted by molar-refractivity contribution is 5.67. The highest BCUT2D eigenvalue weighted by Crippen LogP contribution is 2.10.